The van der Waals surface area contributed by atoms with Crippen LogP contribution < -0.4 is 5.32 Å². The molecule has 17 heavy (non-hydrogen) atoms. The average molecular weight is 274 g/mol. The van der Waals surface area contributed by atoms with E-state index in [4.69, 9.17) is 11.6 Å². The normalized spacial score (nSPS) is 17.6. The van der Waals surface area contributed by atoms with Crippen molar-refractivity contribution in [2.24, 2.45) is 7.05 Å². The number of aryl methyl sites for hydroxylation is 2. The molecule has 2 heterocycles. The lowest BCUT2D eigenvalue weighted by Gasteiger charge is -2.22. The highest BCUT2D eigenvalue weighted by molar-refractivity contribution is 7.99. The van der Waals surface area contributed by atoms with Crippen molar-refractivity contribution < 1.29 is 0 Å². The first-order chi connectivity index (χ1) is 8.22. The second kappa shape index (κ2) is 6.12. The fourth-order valence-corrected chi connectivity index (χ4v) is 3.62. The van der Waals surface area contributed by atoms with Gasteiger partial charge in [-0.05, 0) is 30.8 Å². The molecule has 0 saturated carbocycles. The average Bonchev–Trinajstić information content (AvgIpc) is 2.63. The molecule has 0 atom stereocenters. The Morgan fingerprint density at radius 2 is 2.18 bits per heavy atom. The Bertz CT molecular complexity index is 372. The highest BCUT2D eigenvalue weighted by Gasteiger charge is 2.16. The van der Waals surface area contributed by atoms with Gasteiger partial charge in [-0.2, -0.15) is 16.9 Å². The first kappa shape index (κ1) is 13.2. The number of nitrogens with zero attached hydrogens (tertiary/aromatic N) is 2. The fourth-order valence-electron chi connectivity index (χ4n) is 2.15. The van der Waals surface area contributed by atoms with Gasteiger partial charge < -0.3 is 5.32 Å². The number of nitrogens with one attached hydrogen (secondary N) is 1. The predicted molar refractivity (Wildman–Crippen MR) is 74.8 cm³/mol. The summed E-state index contributed by atoms with van der Waals surface area (Å²) in [5.74, 6) is 2.55. The summed E-state index contributed by atoms with van der Waals surface area (Å²) in [6.45, 7) is 2.92. The summed E-state index contributed by atoms with van der Waals surface area (Å²) in [4.78, 5) is 0. The molecule has 1 N–H and O–H groups in total. The molecule has 0 aliphatic carbocycles. The maximum Gasteiger partial charge on any atom is 0.0863 e. The molecular weight excluding hydrogens is 254 g/mol. The molecule has 96 valence electrons. The van der Waals surface area contributed by atoms with E-state index in [-0.39, 0.29) is 0 Å². The number of halogens is 1. The standard InChI is InChI=1S/C12H20ClN3S/c1-3-10-12(13)11(16(2)15-10)8-14-9-4-6-17-7-5-9/h9,14H,3-8H2,1-2H3. The van der Waals surface area contributed by atoms with Gasteiger partial charge in [0.15, 0.2) is 0 Å². The van der Waals surface area contributed by atoms with Gasteiger partial charge in [0, 0.05) is 19.6 Å². The molecule has 1 fully saturated rings. The quantitative estimate of drug-likeness (QED) is 0.915. The van der Waals surface area contributed by atoms with E-state index >= 15 is 0 Å². The molecule has 0 bridgehead atoms. The van der Waals surface area contributed by atoms with E-state index in [0.717, 1.165) is 29.4 Å². The number of hydrogen-bond donors (Lipinski definition) is 1. The van der Waals surface area contributed by atoms with E-state index < -0.39 is 0 Å². The van der Waals surface area contributed by atoms with E-state index in [0.29, 0.717) is 6.04 Å². The number of hydrogen-bond acceptors (Lipinski definition) is 3. The second-order valence-corrected chi connectivity index (χ2v) is 6.05. The summed E-state index contributed by atoms with van der Waals surface area (Å²) in [5, 5.41) is 8.87. The molecule has 0 radical (unpaired) electrons. The molecule has 0 amide bonds. The molecule has 0 unspecified atom stereocenters. The van der Waals surface area contributed by atoms with Crippen molar-refractivity contribution in [1.82, 2.24) is 15.1 Å². The van der Waals surface area contributed by atoms with E-state index in [1.54, 1.807) is 0 Å². The van der Waals surface area contributed by atoms with E-state index in [2.05, 4.69) is 29.1 Å². The van der Waals surface area contributed by atoms with Gasteiger partial charge in [-0.1, -0.05) is 18.5 Å². The van der Waals surface area contributed by atoms with E-state index in [9.17, 15) is 0 Å². The Balaban J connectivity index is 1.95. The van der Waals surface area contributed by atoms with Gasteiger partial charge in [0.1, 0.15) is 0 Å². The van der Waals surface area contributed by atoms with Crippen molar-refractivity contribution in [2.75, 3.05) is 11.5 Å². The zero-order valence-electron chi connectivity index (χ0n) is 10.5. The first-order valence-electron chi connectivity index (χ1n) is 6.23. The number of aromatic nitrogens is 2. The topological polar surface area (TPSA) is 29.9 Å². The van der Waals surface area contributed by atoms with Crippen LogP contribution in [0.15, 0.2) is 0 Å². The molecule has 1 aromatic rings. The van der Waals surface area contributed by atoms with Gasteiger partial charge in [0.25, 0.3) is 0 Å². The monoisotopic (exact) mass is 273 g/mol. The third kappa shape index (κ3) is 3.18. The minimum atomic E-state index is 0.646. The van der Waals surface area contributed by atoms with Crippen LogP contribution in [0.25, 0.3) is 0 Å². The maximum atomic E-state index is 6.32. The molecule has 1 aliphatic heterocycles. The Hall–Kier alpha value is -0.190. The van der Waals surface area contributed by atoms with Crippen LogP contribution in [0.3, 0.4) is 0 Å². The molecule has 1 aromatic heterocycles. The fraction of sp³-hybridized carbons (Fsp3) is 0.750. The van der Waals surface area contributed by atoms with Gasteiger partial charge in [0.2, 0.25) is 0 Å². The van der Waals surface area contributed by atoms with Crippen molar-refractivity contribution in [2.45, 2.75) is 38.8 Å². The van der Waals surface area contributed by atoms with Gasteiger partial charge in [-0.15, -0.1) is 0 Å². The maximum absolute atomic E-state index is 6.32. The minimum Gasteiger partial charge on any atom is -0.308 e. The highest BCUT2D eigenvalue weighted by atomic mass is 35.5. The molecule has 0 aromatic carbocycles. The van der Waals surface area contributed by atoms with Gasteiger partial charge in [0.05, 0.1) is 16.4 Å². The van der Waals surface area contributed by atoms with Crippen molar-refractivity contribution in [1.29, 1.82) is 0 Å². The molecule has 0 spiro atoms. The molecule has 1 saturated heterocycles. The van der Waals surface area contributed by atoms with Crippen LogP contribution in [-0.2, 0) is 20.0 Å². The van der Waals surface area contributed by atoms with Gasteiger partial charge >= 0.3 is 0 Å². The Kier molecular flexibility index (Phi) is 4.77. The molecule has 1 aliphatic rings. The predicted octanol–water partition coefficient (Wildman–Crippen LogP) is 2.62. The molecule has 3 nitrogen and oxygen atoms in total. The Morgan fingerprint density at radius 1 is 1.47 bits per heavy atom. The molecular formula is C12H20ClN3S. The summed E-state index contributed by atoms with van der Waals surface area (Å²) in [6, 6.07) is 0.646. The SMILES string of the molecule is CCc1nn(C)c(CNC2CCSCC2)c1Cl. The molecule has 5 heteroatoms. The van der Waals surface area contributed by atoms with E-state index in [1.807, 2.05) is 11.7 Å². The van der Waals surface area contributed by atoms with E-state index in [1.165, 1.54) is 24.3 Å². The zero-order chi connectivity index (χ0) is 12.3. The van der Waals surface area contributed by atoms with Gasteiger partial charge in [-0.25, -0.2) is 0 Å². The van der Waals surface area contributed by atoms with Crippen molar-refractivity contribution in [3.63, 3.8) is 0 Å². The zero-order valence-corrected chi connectivity index (χ0v) is 12.1. The lowest BCUT2D eigenvalue weighted by Crippen LogP contribution is -2.32. The second-order valence-electron chi connectivity index (χ2n) is 4.45. The number of thioether (sulfide) groups is 1. The van der Waals surface area contributed by atoms with Crippen LogP contribution in [0.2, 0.25) is 5.02 Å². The Labute approximate surface area is 112 Å². The van der Waals surface area contributed by atoms with Crippen LogP contribution in [0, 0.1) is 0 Å². The Morgan fingerprint density at radius 3 is 2.76 bits per heavy atom. The van der Waals surface area contributed by atoms with Crippen LogP contribution in [0.4, 0.5) is 0 Å². The van der Waals surface area contributed by atoms with Crippen molar-refractivity contribution >= 4 is 23.4 Å². The minimum absolute atomic E-state index is 0.646. The van der Waals surface area contributed by atoms with Crippen LogP contribution >= 0.6 is 23.4 Å². The summed E-state index contributed by atoms with van der Waals surface area (Å²) < 4.78 is 1.91. The lowest BCUT2D eigenvalue weighted by molar-refractivity contribution is 0.471. The summed E-state index contributed by atoms with van der Waals surface area (Å²) in [7, 11) is 1.97. The lowest BCUT2D eigenvalue weighted by atomic mass is 10.1. The smallest absolute Gasteiger partial charge is 0.0863 e. The van der Waals surface area contributed by atoms with Crippen LogP contribution in [-0.4, -0.2) is 27.3 Å². The van der Waals surface area contributed by atoms with Crippen molar-refractivity contribution in [3.05, 3.63) is 16.4 Å². The van der Waals surface area contributed by atoms with Crippen molar-refractivity contribution in [3.8, 4) is 0 Å². The van der Waals surface area contributed by atoms with Crippen LogP contribution in [0.1, 0.15) is 31.2 Å². The summed E-state index contributed by atoms with van der Waals surface area (Å²) in [6.07, 6.45) is 3.42. The molecule has 2 rings (SSSR count). The third-order valence-corrected chi connectivity index (χ3v) is 4.77. The number of rotatable bonds is 4. The van der Waals surface area contributed by atoms with Crippen LogP contribution in [0.5, 0.6) is 0 Å². The summed E-state index contributed by atoms with van der Waals surface area (Å²) in [5.41, 5.74) is 2.12. The summed E-state index contributed by atoms with van der Waals surface area (Å²) >= 11 is 8.37. The third-order valence-electron chi connectivity index (χ3n) is 3.28. The largest absolute Gasteiger partial charge is 0.308 e. The van der Waals surface area contributed by atoms with Gasteiger partial charge in [-0.3, -0.25) is 4.68 Å². The highest BCUT2D eigenvalue weighted by Crippen LogP contribution is 2.22. The first-order valence-corrected chi connectivity index (χ1v) is 7.77.